The second-order valence-electron chi connectivity index (χ2n) is 7.51. The van der Waals surface area contributed by atoms with E-state index in [1.165, 1.54) is 5.52 Å². The molecule has 6 nitrogen and oxygen atoms in total. The van der Waals surface area contributed by atoms with Crippen molar-refractivity contribution in [1.29, 1.82) is 0 Å². The molecule has 7 heteroatoms. The second-order valence-corrected chi connectivity index (χ2v) is 8.76. The molecule has 4 aromatic rings. The summed E-state index contributed by atoms with van der Waals surface area (Å²) in [6.07, 6.45) is 0.0850. The van der Waals surface area contributed by atoms with Crippen molar-refractivity contribution in [3.05, 3.63) is 75.9 Å². The number of anilines is 1. The molecule has 0 unspecified atom stereocenters. The third-order valence-electron chi connectivity index (χ3n) is 5.24. The molecule has 4 rings (SSSR count). The van der Waals surface area contributed by atoms with E-state index >= 15 is 0 Å². The van der Waals surface area contributed by atoms with E-state index in [1.807, 2.05) is 42.5 Å². The van der Waals surface area contributed by atoms with E-state index in [0.717, 1.165) is 32.1 Å². The van der Waals surface area contributed by atoms with Crippen LogP contribution < -0.4 is 10.7 Å². The number of nitrogens with zero attached hydrogens (tertiary/aromatic N) is 2. The van der Waals surface area contributed by atoms with Gasteiger partial charge in [0.1, 0.15) is 0 Å². The first kappa shape index (κ1) is 22.0. The molecule has 1 heterocycles. The second kappa shape index (κ2) is 9.52. The summed E-state index contributed by atoms with van der Waals surface area (Å²) >= 11 is 2.18. The fourth-order valence-electron chi connectivity index (χ4n) is 3.76. The predicted octanol–water partition coefficient (Wildman–Crippen LogP) is 5.55. The predicted molar refractivity (Wildman–Crippen MR) is 138 cm³/mol. The number of benzene rings is 3. The van der Waals surface area contributed by atoms with Crippen LogP contribution in [0.3, 0.4) is 0 Å². The van der Waals surface area contributed by atoms with E-state index in [0.29, 0.717) is 11.3 Å². The zero-order chi connectivity index (χ0) is 22.7. The van der Waals surface area contributed by atoms with E-state index in [4.69, 9.17) is 0 Å². The lowest BCUT2D eigenvalue weighted by Gasteiger charge is -2.07. The summed E-state index contributed by atoms with van der Waals surface area (Å²) in [6, 6.07) is 21.4. The van der Waals surface area contributed by atoms with Crippen molar-refractivity contribution >= 4 is 67.6 Å². The minimum atomic E-state index is -0.307. The van der Waals surface area contributed by atoms with Gasteiger partial charge in [0.25, 0.3) is 5.91 Å². The number of halogens is 1. The zero-order valence-corrected chi connectivity index (χ0v) is 20.0. The average molecular weight is 538 g/mol. The molecule has 162 valence electrons. The van der Waals surface area contributed by atoms with Gasteiger partial charge in [-0.3, -0.25) is 9.59 Å². The van der Waals surface area contributed by atoms with Gasteiger partial charge in [0.15, 0.2) is 0 Å². The number of para-hydroxylation sites is 1. The average Bonchev–Trinajstić information content (AvgIpc) is 3.11. The molecule has 0 fully saturated rings. The van der Waals surface area contributed by atoms with Gasteiger partial charge in [-0.2, -0.15) is 5.10 Å². The first-order chi connectivity index (χ1) is 15.5. The van der Waals surface area contributed by atoms with Crippen LogP contribution in [0.25, 0.3) is 21.8 Å². The maximum Gasteiger partial charge on any atom is 0.271 e. The monoisotopic (exact) mass is 538 g/mol. The molecule has 2 amide bonds. The molecule has 0 atom stereocenters. The number of nitrogens with one attached hydrogen (secondary N) is 2. The lowest BCUT2D eigenvalue weighted by atomic mass is 10.1. The highest BCUT2D eigenvalue weighted by Gasteiger charge is 2.11. The number of hydrazone groups is 1. The third kappa shape index (κ3) is 4.67. The zero-order valence-electron chi connectivity index (χ0n) is 17.9. The van der Waals surface area contributed by atoms with Gasteiger partial charge in [0.05, 0.1) is 6.42 Å². The highest BCUT2D eigenvalue weighted by Crippen LogP contribution is 2.31. The van der Waals surface area contributed by atoms with Crippen LogP contribution in [0.4, 0.5) is 5.69 Å². The summed E-state index contributed by atoms with van der Waals surface area (Å²) in [4.78, 5) is 24.7. The van der Waals surface area contributed by atoms with Gasteiger partial charge in [-0.15, -0.1) is 0 Å². The minimum Gasteiger partial charge on any atom is -0.341 e. The highest BCUT2D eigenvalue weighted by molar-refractivity contribution is 14.1. The van der Waals surface area contributed by atoms with E-state index in [1.54, 1.807) is 19.1 Å². The Morgan fingerprint density at radius 2 is 1.69 bits per heavy atom. The Kier molecular flexibility index (Phi) is 6.55. The summed E-state index contributed by atoms with van der Waals surface area (Å²) < 4.78 is 3.32. The smallest absolute Gasteiger partial charge is 0.271 e. The van der Waals surface area contributed by atoms with Gasteiger partial charge in [0.2, 0.25) is 5.91 Å². The number of carbonyl (C=O) groups is 2. The van der Waals surface area contributed by atoms with Crippen molar-refractivity contribution in [3.63, 3.8) is 0 Å². The molecule has 1 aromatic heterocycles. The first-order valence-corrected chi connectivity index (χ1v) is 11.4. The summed E-state index contributed by atoms with van der Waals surface area (Å²) in [7, 11) is 0. The van der Waals surface area contributed by atoms with Crippen LogP contribution in [0.1, 0.15) is 30.6 Å². The molecule has 3 aromatic carbocycles. The minimum absolute atomic E-state index is 0.0850. The topological polar surface area (TPSA) is 75.5 Å². The highest BCUT2D eigenvalue weighted by atomic mass is 127. The Bertz CT molecular complexity index is 1340. The van der Waals surface area contributed by atoms with Crippen LogP contribution in [-0.2, 0) is 11.3 Å². The number of hydrogen-bond acceptors (Lipinski definition) is 3. The van der Waals surface area contributed by atoms with Crippen molar-refractivity contribution < 1.29 is 9.59 Å². The lowest BCUT2D eigenvalue weighted by Crippen LogP contribution is -2.21. The van der Waals surface area contributed by atoms with E-state index in [9.17, 15) is 9.59 Å². The maximum atomic E-state index is 12.5. The fraction of sp³-hybridized carbons (Fsp3) is 0.160. The summed E-state index contributed by atoms with van der Waals surface area (Å²) in [5.74, 6) is -0.493. The largest absolute Gasteiger partial charge is 0.341 e. The van der Waals surface area contributed by atoms with Crippen LogP contribution >= 0.6 is 22.6 Å². The number of amides is 2. The summed E-state index contributed by atoms with van der Waals surface area (Å²) in [5, 5.41) is 9.27. The van der Waals surface area contributed by atoms with Crippen molar-refractivity contribution in [2.45, 2.75) is 26.8 Å². The number of hydrogen-bond donors (Lipinski definition) is 2. The normalized spacial score (nSPS) is 11.7. The lowest BCUT2D eigenvalue weighted by molar-refractivity contribution is -0.115. The third-order valence-corrected chi connectivity index (χ3v) is 5.96. The van der Waals surface area contributed by atoms with E-state index in [-0.39, 0.29) is 18.2 Å². The van der Waals surface area contributed by atoms with Gasteiger partial charge in [0, 0.05) is 48.9 Å². The van der Waals surface area contributed by atoms with Crippen LogP contribution in [0, 0.1) is 3.57 Å². The SMILES string of the molecule is CCn1c2ccccc2c2cc(NC(=O)CC(C)=NNC(=O)c3ccc(I)cc3)ccc21. The Balaban J connectivity index is 1.44. The fourth-order valence-corrected chi connectivity index (χ4v) is 4.12. The van der Waals surface area contributed by atoms with E-state index in [2.05, 4.69) is 62.1 Å². The van der Waals surface area contributed by atoms with Gasteiger partial charge in [-0.25, -0.2) is 5.43 Å². The summed E-state index contributed by atoms with van der Waals surface area (Å²) in [5.41, 5.74) is 6.60. The number of rotatable bonds is 6. The quantitative estimate of drug-likeness (QED) is 0.192. The van der Waals surface area contributed by atoms with E-state index < -0.39 is 0 Å². The Morgan fingerprint density at radius 1 is 0.969 bits per heavy atom. The van der Waals surface area contributed by atoms with Gasteiger partial charge < -0.3 is 9.88 Å². The molecule has 0 radical (unpaired) electrons. The van der Waals surface area contributed by atoms with Gasteiger partial charge >= 0.3 is 0 Å². The standard InChI is InChI=1S/C25H23IN4O2/c1-3-30-22-7-5-4-6-20(22)21-15-19(12-13-23(21)30)27-24(31)14-16(2)28-29-25(32)17-8-10-18(26)11-9-17/h4-13,15H,3,14H2,1-2H3,(H,27,31)(H,29,32). The molecular weight excluding hydrogens is 515 g/mol. The molecule has 2 N–H and O–H groups in total. The molecule has 32 heavy (non-hydrogen) atoms. The number of aromatic nitrogens is 1. The van der Waals surface area contributed by atoms with Crippen LogP contribution in [0.5, 0.6) is 0 Å². The first-order valence-electron chi connectivity index (χ1n) is 10.4. The Labute approximate surface area is 199 Å². The van der Waals surface area contributed by atoms with Crippen molar-refractivity contribution in [3.8, 4) is 0 Å². The Hall–Kier alpha value is -3.20. The maximum absolute atomic E-state index is 12.5. The van der Waals surface area contributed by atoms with Gasteiger partial charge in [-0.05, 0) is 85.0 Å². The molecule has 0 aliphatic heterocycles. The van der Waals surface area contributed by atoms with Crippen LogP contribution in [0.2, 0.25) is 0 Å². The molecule has 0 saturated carbocycles. The summed E-state index contributed by atoms with van der Waals surface area (Å²) in [6.45, 7) is 4.71. The van der Waals surface area contributed by atoms with Crippen LogP contribution in [0.15, 0.2) is 71.8 Å². The molecule has 0 spiro atoms. The molecular formula is C25H23IN4O2. The number of fused-ring (bicyclic) bond motifs is 3. The van der Waals surface area contributed by atoms with Crippen molar-refractivity contribution in [2.75, 3.05) is 5.32 Å². The molecule has 0 aliphatic carbocycles. The molecule has 0 saturated heterocycles. The number of carbonyl (C=O) groups excluding carboxylic acids is 2. The number of aryl methyl sites for hydroxylation is 1. The van der Waals surface area contributed by atoms with Crippen molar-refractivity contribution in [1.82, 2.24) is 9.99 Å². The van der Waals surface area contributed by atoms with Crippen molar-refractivity contribution in [2.24, 2.45) is 5.10 Å². The van der Waals surface area contributed by atoms with Crippen LogP contribution in [-0.4, -0.2) is 22.1 Å². The van der Waals surface area contributed by atoms with Gasteiger partial charge in [-0.1, -0.05) is 18.2 Å². The Morgan fingerprint density at radius 3 is 2.44 bits per heavy atom. The molecule has 0 aliphatic rings. The molecule has 0 bridgehead atoms.